The van der Waals surface area contributed by atoms with Crippen LogP contribution in [0.1, 0.15) is 57.2 Å². The van der Waals surface area contributed by atoms with Crippen LogP contribution >= 0.6 is 0 Å². The summed E-state index contributed by atoms with van der Waals surface area (Å²) >= 11 is 0. The van der Waals surface area contributed by atoms with Crippen LogP contribution in [0.15, 0.2) is 66.2 Å². The van der Waals surface area contributed by atoms with Crippen LogP contribution in [0.5, 0.6) is 11.5 Å². The Hall–Kier alpha value is -4.59. The number of imide groups is 2. The number of nitrogens with zero attached hydrogens (tertiary/aromatic N) is 3. The number of hydrogen-bond donors (Lipinski definition) is 0. The minimum absolute atomic E-state index is 0.120. The highest BCUT2D eigenvalue weighted by atomic mass is 16.5. The predicted octanol–water partition coefficient (Wildman–Crippen LogP) is 6.81. The van der Waals surface area contributed by atoms with Crippen molar-refractivity contribution in [3.05, 3.63) is 82.9 Å². The highest BCUT2D eigenvalue weighted by molar-refractivity contribution is 6.30. The SMILES string of the molecule is CCCOc1cc(N2c3ccccc3C(C)(C)c3ccccc32)c(OCCC)cc1C=C1C(=O)N(C)C(=O)N(C)C1=O. The number of hydrogen-bond acceptors (Lipinski definition) is 6. The van der Waals surface area contributed by atoms with E-state index >= 15 is 0 Å². The van der Waals surface area contributed by atoms with Crippen molar-refractivity contribution in [1.82, 2.24) is 9.80 Å². The van der Waals surface area contributed by atoms with E-state index in [1.807, 2.05) is 38.1 Å². The van der Waals surface area contributed by atoms with Crippen LogP contribution in [0.2, 0.25) is 0 Å². The number of urea groups is 1. The average molecular weight is 568 g/mol. The molecule has 8 heteroatoms. The molecule has 2 aliphatic heterocycles. The quantitative estimate of drug-likeness (QED) is 0.220. The average Bonchev–Trinajstić information content (AvgIpc) is 3.00. The molecule has 0 aromatic heterocycles. The number of benzene rings is 3. The molecule has 42 heavy (non-hydrogen) atoms. The first-order valence-electron chi connectivity index (χ1n) is 14.4. The number of likely N-dealkylation sites (N-methyl/N-ethyl adjacent to an activating group) is 2. The van der Waals surface area contributed by atoms with Gasteiger partial charge in [0.15, 0.2) is 0 Å². The molecular formula is C34H37N3O5. The van der Waals surface area contributed by atoms with Gasteiger partial charge in [0.25, 0.3) is 11.8 Å². The number of anilines is 3. The van der Waals surface area contributed by atoms with Gasteiger partial charge in [0.05, 0.1) is 30.3 Å². The van der Waals surface area contributed by atoms with Crippen molar-refractivity contribution in [1.29, 1.82) is 0 Å². The maximum absolute atomic E-state index is 13.0. The van der Waals surface area contributed by atoms with E-state index in [2.05, 4.69) is 55.1 Å². The Balaban J connectivity index is 1.75. The molecule has 0 aliphatic carbocycles. The molecular weight excluding hydrogens is 530 g/mol. The second-order valence-electron chi connectivity index (χ2n) is 11.1. The van der Waals surface area contributed by atoms with Crippen molar-refractivity contribution in [3.8, 4) is 11.5 Å². The summed E-state index contributed by atoms with van der Waals surface area (Å²) in [4.78, 5) is 42.5. The van der Waals surface area contributed by atoms with Gasteiger partial charge in [-0.1, -0.05) is 64.1 Å². The molecule has 2 aliphatic rings. The smallest absolute Gasteiger partial charge is 0.333 e. The van der Waals surface area contributed by atoms with Crippen molar-refractivity contribution < 1.29 is 23.9 Å². The van der Waals surface area contributed by atoms with Gasteiger partial charge in [0.1, 0.15) is 17.1 Å². The van der Waals surface area contributed by atoms with E-state index in [1.54, 1.807) is 0 Å². The van der Waals surface area contributed by atoms with E-state index in [0.29, 0.717) is 30.3 Å². The van der Waals surface area contributed by atoms with Gasteiger partial charge in [-0.3, -0.25) is 19.4 Å². The third-order valence-corrected chi connectivity index (χ3v) is 7.84. The van der Waals surface area contributed by atoms with Gasteiger partial charge in [-0.25, -0.2) is 4.79 Å². The number of fused-ring (bicyclic) bond motifs is 2. The Labute approximate surface area is 247 Å². The molecule has 0 radical (unpaired) electrons. The highest BCUT2D eigenvalue weighted by Gasteiger charge is 2.39. The summed E-state index contributed by atoms with van der Waals surface area (Å²) in [6.45, 7) is 9.43. The molecule has 3 aromatic rings. The van der Waals surface area contributed by atoms with Crippen molar-refractivity contribution in [2.75, 3.05) is 32.2 Å². The van der Waals surface area contributed by atoms with Crippen LogP contribution in [-0.2, 0) is 15.0 Å². The van der Waals surface area contributed by atoms with E-state index in [0.717, 1.165) is 39.7 Å². The van der Waals surface area contributed by atoms with Gasteiger partial charge in [-0.2, -0.15) is 0 Å². The van der Waals surface area contributed by atoms with Crippen LogP contribution in [0, 0.1) is 0 Å². The Bertz CT molecular complexity index is 1520. The van der Waals surface area contributed by atoms with Crippen LogP contribution in [0.25, 0.3) is 6.08 Å². The summed E-state index contributed by atoms with van der Waals surface area (Å²) in [5, 5.41) is 0. The first-order valence-corrected chi connectivity index (χ1v) is 14.4. The van der Waals surface area contributed by atoms with Crippen molar-refractivity contribution in [3.63, 3.8) is 0 Å². The molecule has 0 saturated carbocycles. The monoisotopic (exact) mass is 567 g/mol. The Kier molecular flexibility index (Phi) is 7.82. The lowest BCUT2D eigenvalue weighted by atomic mass is 9.73. The number of ether oxygens (including phenoxy) is 2. The normalized spacial score (nSPS) is 15.9. The zero-order valence-electron chi connectivity index (χ0n) is 25.1. The number of amides is 4. The fraction of sp³-hybridized carbons (Fsp3) is 0.324. The highest BCUT2D eigenvalue weighted by Crippen LogP contribution is 2.54. The molecule has 1 saturated heterocycles. The molecule has 5 rings (SSSR count). The standard InChI is InChI=1S/C34H37N3O5/c1-7-17-41-29-21-28(37-26-15-11-9-13-24(26)34(3,4)25-14-10-12-16-27(25)37)30(42-18-8-2)20-22(29)19-23-31(38)35(5)33(40)36(6)32(23)39/h9-16,19-21H,7-8,17-18H2,1-6H3. The zero-order valence-corrected chi connectivity index (χ0v) is 25.1. The van der Waals surface area contributed by atoms with Gasteiger partial charge in [0, 0.05) is 31.1 Å². The minimum atomic E-state index is -0.669. The summed E-state index contributed by atoms with van der Waals surface area (Å²) < 4.78 is 12.6. The molecule has 0 unspecified atom stereocenters. The fourth-order valence-electron chi connectivity index (χ4n) is 5.58. The van der Waals surface area contributed by atoms with Crippen LogP contribution in [-0.4, -0.2) is 55.0 Å². The van der Waals surface area contributed by atoms with Crippen molar-refractivity contribution >= 4 is 41.0 Å². The molecule has 3 aromatic carbocycles. The van der Waals surface area contributed by atoms with Crippen LogP contribution in [0.3, 0.4) is 0 Å². The summed E-state index contributed by atoms with van der Waals surface area (Å²) in [5.74, 6) is -0.229. The molecule has 8 nitrogen and oxygen atoms in total. The molecule has 0 spiro atoms. The van der Waals surface area contributed by atoms with Gasteiger partial charge in [-0.05, 0) is 48.2 Å². The molecule has 2 heterocycles. The lowest BCUT2D eigenvalue weighted by molar-refractivity contribution is -0.134. The number of barbiturate groups is 1. The zero-order chi connectivity index (χ0) is 30.2. The van der Waals surface area contributed by atoms with E-state index < -0.39 is 17.8 Å². The Morgan fingerprint density at radius 1 is 0.714 bits per heavy atom. The van der Waals surface area contributed by atoms with Crippen molar-refractivity contribution in [2.45, 2.75) is 46.0 Å². The van der Waals surface area contributed by atoms with E-state index in [9.17, 15) is 14.4 Å². The summed E-state index contributed by atoms with van der Waals surface area (Å²) in [6, 6.07) is 19.8. The Morgan fingerprint density at radius 3 is 1.74 bits per heavy atom. The second-order valence-corrected chi connectivity index (χ2v) is 11.1. The molecule has 0 bridgehead atoms. The third kappa shape index (κ3) is 4.81. The lowest BCUT2D eigenvalue weighted by Crippen LogP contribution is -2.52. The number of rotatable bonds is 8. The molecule has 4 amide bonds. The Morgan fingerprint density at radius 2 is 1.21 bits per heavy atom. The minimum Gasteiger partial charge on any atom is -0.493 e. The third-order valence-electron chi connectivity index (χ3n) is 7.84. The van der Waals surface area contributed by atoms with Gasteiger partial charge >= 0.3 is 6.03 Å². The summed E-state index contributed by atoms with van der Waals surface area (Å²) in [7, 11) is 2.73. The first kappa shape index (κ1) is 28.9. The van der Waals surface area contributed by atoms with E-state index in [1.165, 1.54) is 31.3 Å². The molecule has 218 valence electrons. The maximum Gasteiger partial charge on any atom is 0.333 e. The van der Waals surface area contributed by atoms with E-state index in [-0.39, 0.29) is 11.0 Å². The van der Waals surface area contributed by atoms with Crippen molar-refractivity contribution in [2.24, 2.45) is 0 Å². The van der Waals surface area contributed by atoms with Gasteiger partial charge in [-0.15, -0.1) is 0 Å². The molecule has 1 fully saturated rings. The predicted molar refractivity (Wildman–Crippen MR) is 164 cm³/mol. The number of para-hydroxylation sites is 2. The summed E-state index contributed by atoms with van der Waals surface area (Å²) in [6.07, 6.45) is 3.05. The topological polar surface area (TPSA) is 79.4 Å². The largest absolute Gasteiger partial charge is 0.493 e. The van der Waals surface area contributed by atoms with Crippen LogP contribution < -0.4 is 14.4 Å². The second kappa shape index (κ2) is 11.4. The van der Waals surface area contributed by atoms with Gasteiger partial charge < -0.3 is 14.4 Å². The molecule has 0 N–H and O–H groups in total. The lowest BCUT2D eigenvalue weighted by Gasteiger charge is -2.42. The number of carbonyl (C=O) groups is 3. The summed E-state index contributed by atoms with van der Waals surface area (Å²) in [5.41, 5.74) is 5.40. The van der Waals surface area contributed by atoms with E-state index in [4.69, 9.17) is 9.47 Å². The van der Waals surface area contributed by atoms with Crippen LogP contribution in [0.4, 0.5) is 21.9 Å². The first-order chi connectivity index (χ1) is 20.1. The number of carbonyl (C=O) groups excluding carboxylic acids is 3. The fourth-order valence-corrected chi connectivity index (χ4v) is 5.58. The van der Waals surface area contributed by atoms with Gasteiger partial charge in [0.2, 0.25) is 0 Å². The maximum atomic E-state index is 13.0. The molecule has 0 atom stereocenters.